The highest BCUT2D eigenvalue weighted by Crippen LogP contribution is 2.34. The number of hydrogen-bond donors (Lipinski definition) is 2. The molecule has 0 aromatic carbocycles. The predicted octanol–water partition coefficient (Wildman–Crippen LogP) is 2.76. The van der Waals surface area contributed by atoms with Gasteiger partial charge in [0.2, 0.25) is 5.92 Å². The van der Waals surface area contributed by atoms with Crippen molar-refractivity contribution in [3.8, 4) is 0 Å². The Morgan fingerprint density at radius 2 is 2.17 bits per heavy atom. The van der Waals surface area contributed by atoms with Gasteiger partial charge in [-0.05, 0) is 24.7 Å². The molecule has 1 fully saturated rings. The molecule has 0 aliphatic heterocycles. The number of alkyl halides is 2. The Balaban J connectivity index is 2.35. The maximum Gasteiger partial charge on any atom is 0.248 e. The molecule has 1 rings (SSSR count). The molecule has 5 heteroatoms. The van der Waals surface area contributed by atoms with Crippen molar-refractivity contribution >= 4 is 5.96 Å². The van der Waals surface area contributed by atoms with Gasteiger partial charge >= 0.3 is 0 Å². The van der Waals surface area contributed by atoms with Gasteiger partial charge < -0.3 is 11.1 Å². The van der Waals surface area contributed by atoms with E-state index in [-0.39, 0.29) is 18.8 Å². The molecule has 0 saturated heterocycles. The van der Waals surface area contributed by atoms with Gasteiger partial charge in [0.25, 0.3) is 0 Å². The zero-order valence-electron chi connectivity index (χ0n) is 11.4. The highest BCUT2D eigenvalue weighted by atomic mass is 19.3. The highest BCUT2D eigenvalue weighted by molar-refractivity contribution is 5.77. The van der Waals surface area contributed by atoms with Gasteiger partial charge in [-0.25, -0.2) is 8.78 Å². The maximum absolute atomic E-state index is 13.4. The molecule has 18 heavy (non-hydrogen) atoms. The topological polar surface area (TPSA) is 50.4 Å². The second kappa shape index (κ2) is 6.90. The van der Waals surface area contributed by atoms with E-state index in [1.54, 1.807) is 0 Å². The van der Waals surface area contributed by atoms with Crippen LogP contribution in [0.25, 0.3) is 0 Å². The first-order valence-corrected chi connectivity index (χ1v) is 6.80. The van der Waals surface area contributed by atoms with Gasteiger partial charge in [-0.3, -0.25) is 4.99 Å². The Hall–Kier alpha value is -0.870. The van der Waals surface area contributed by atoms with Crippen molar-refractivity contribution in [2.45, 2.75) is 51.9 Å². The van der Waals surface area contributed by atoms with Crippen molar-refractivity contribution < 1.29 is 8.78 Å². The Kier molecular flexibility index (Phi) is 5.82. The van der Waals surface area contributed by atoms with E-state index < -0.39 is 5.92 Å². The molecule has 3 nitrogen and oxygen atoms in total. The van der Waals surface area contributed by atoms with Gasteiger partial charge in [0, 0.05) is 25.9 Å². The molecule has 0 spiro atoms. The smallest absolute Gasteiger partial charge is 0.248 e. The van der Waals surface area contributed by atoms with Crippen LogP contribution in [0.2, 0.25) is 0 Å². The normalized spacial score (nSPS) is 24.9. The van der Waals surface area contributed by atoms with Crippen LogP contribution in [0, 0.1) is 11.8 Å². The first-order chi connectivity index (χ1) is 8.39. The van der Waals surface area contributed by atoms with E-state index in [0.29, 0.717) is 31.4 Å². The Bertz CT molecular complexity index is 277. The van der Waals surface area contributed by atoms with Crippen molar-refractivity contribution in [1.82, 2.24) is 5.32 Å². The fourth-order valence-corrected chi connectivity index (χ4v) is 2.20. The molecule has 0 aromatic heterocycles. The third kappa shape index (κ3) is 6.17. The fourth-order valence-electron chi connectivity index (χ4n) is 2.20. The van der Waals surface area contributed by atoms with Crippen LogP contribution in [-0.2, 0) is 0 Å². The molecule has 1 aliphatic rings. The van der Waals surface area contributed by atoms with E-state index in [9.17, 15) is 8.78 Å². The molecule has 1 unspecified atom stereocenters. The van der Waals surface area contributed by atoms with E-state index in [4.69, 9.17) is 5.73 Å². The average Bonchev–Trinajstić information content (AvgIpc) is 2.44. The fraction of sp³-hybridized carbons (Fsp3) is 0.923. The van der Waals surface area contributed by atoms with Gasteiger partial charge in [-0.2, -0.15) is 0 Å². The van der Waals surface area contributed by atoms with Gasteiger partial charge in [0.1, 0.15) is 0 Å². The van der Waals surface area contributed by atoms with Crippen molar-refractivity contribution in [2.24, 2.45) is 22.6 Å². The minimum absolute atomic E-state index is 0.00435. The summed E-state index contributed by atoms with van der Waals surface area (Å²) in [5.74, 6) is -1.69. The molecular formula is C13H25F2N3. The standard InChI is InChI=1S/C13H25F2N3/c1-10(2)8-17-12(16)18-9-11-5-3-4-6-13(14,15)7-11/h10-11H,3-9H2,1-2H3,(H3,16,17,18). The molecule has 0 heterocycles. The molecule has 1 aliphatic carbocycles. The zero-order valence-corrected chi connectivity index (χ0v) is 11.4. The van der Waals surface area contributed by atoms with Crippen molar-refractivity contribution in [3.63, 3.8) is 0 Å². The van der Waals surface area contributed by atoms with E-state index in [0.717, 1.165) is 12.8 Å². The van der Waals surface area contributed by atoms with Crippen molar-refractivity contribution in [2.75, 3.05) is 13.1 Å². The average molecular weight is 261 g/mol. The summed E-state index contributed by atoms with van der Waals surface area (Å²) in [4.78, 5) is 4.16. The number of hydrogen-bond acceptors (Lipinski definition) is 1. The minimum Gasteiger partial charge on any atom is -0.370 e. The van der Waals surface area contributed by atoms with Crippen LogP contribution in [0.15, 0.2) is 4.99 Å². The van der Waals surface area contributed by atoms with Crippen molar-refractivity contribution in [1.29, 1.82) is 0 Å². The first kappa shape index (κ1) is 15.2. The minimum atomic E-state index is -2.51. The number of nitrogens with one attached hydrogen (secondary N) is 1. The van der Waals surface area contributed by atoms with Crippen LogP contribution in [0.5, 0.6) is 0 Å². The van der Waals surface area contributed by atoms with E-state index >= 15 is 0 Å². The molecule has 106 valence electrons. The summed E-state index contributed by atoms with van der Waals surface area (Å²) in [7, 11) is 0. The summed E-state index contributed by atoms with van der Waals surface area (Å²) < 4.78 is 26.8. The van der Waals surface area contributed by atoms with Crippen LogP contribution in [0.1, 0.15) is 46.0 Å². The van der Waals surface area contributed by atoms with Crippen LogP contribution in [0.3, 0.4) is 0 Å². The molecule has 0 bridgehead atoms. The van der Waals surface area contributed by atoms with Gasteiger partial charge in [-0.1, -0.05) is 20.3 Å². The molecule has 0 amide bonds. The van der Waals surface area contributed by atoms with Crippen LogP contribution in [-0.4, -0.2) is 25.0 Å². The number of nitrogens with zero attached hydrogens (tertiary/aromatic N) is 1. The van der Waals surface area contributed by atoms with Crippen LogP contribution < -0.4 is 11.1 Å². The van der Waals surface area contributed by atoms with Gasteiger partial charge in [-0.15, -0.1) is 0 Å². The van der Waals surface area contributed by atoms with Gasteiger partial charge in [0.15, 0.2) is 5.96 Å². The highest BCUT2D eigenvalue weighted by Gasteiger charge is 2.34. The van der Waals surface area contributed by atoms with Crippen LogP contribution in [0.4, 0.5) is 8.78 Å². The Morgan fingerprint density at radius 1 is 1.44 bits per heavy atom. The monoisotopic (exact) mass is 261 g/mol. The Labute approximate surface area is 108 Å². The first-order valence-electron chi connectivity index (χ1n) is 6.80. The van der Waals surface area contributed by atoms with Crippen LogP contribution >= 0.6 is 0 Å². The molecule has 1 atom stereocenters. The predicted molar refractivity (Wildman–Crippen MR) is 70.9 cm³/mol. The summed E-state index contributed by atoms with van der Waals surface area (Å²) in [5.41, 5.74) is 5.70. The van der Waals surface area contributed by atoms with E-state index in [2.05, 4.69) is 24.2 Å². The summed E-state index contributed by atoms with van der Waals surface area (Å²) in [6.07, 6.45) is 2.35. The quantitative estimate of drug-likeness (QED) is 0.464. The zero-order chi connectivity index (χ0) is 13.6. The Morgan fingerprint density at radius 3 is 2.83 bits per heavy atom. The second-order valence-corrected chi connectivity index (χ2v) is 5.67. The van der Waals surface area contributed by atoms with E-state index in [1.807, 2.05) is 0 Å². The van der Waals surface area contributed by atoms with E-state index in [1.165, 1.54) is 0 Å². The lowest BCUT2D eigenvalue weighted by atomic mass is 9.99. The number of rotatable bonds is 4. The number of guanidine groups is 1. The number of nitrogens with two attached hydrogens (primary N) is 1. The third-order valence-corrected chi connectivity index (χ3v) is 3.19. The lowest BCUT2D eigenvalue weighted by molar-refractivity contribution is -0.0245. The second-order valence-electron chi connectivity index (χ2n) is 5.67. The number of halogens is 2. The molecule has 3 N–H and O–H groups in total. The maximum atomic E-state index is 13.4. The molecular weight excluding hydrogens is 236 g/mol. The lowest BCUT2D eigenvalue weighted by Gasteiger charge is -2.20. The summed E-state index contributed by atoms with van der Waals surface area (Å²) in [5, 5.41) is 2.97. The molecule has 1 saturated carbocycles. The summed E-state index contributed by atoms with van der Waals surface area (Å²) in [6.45, 7) is 5.29. The summed E-state index contributed by atoms with van der Waals surface area (Å²) >= 11 is 0. The molecule has 0 aromatic rings. The van der Waals surface area contributed by atoms with Crippen molar-refractivity contribution in [3.05, 3.63) is 0 Å². The molecule has 0 radical (unpaired) electrons. The largest absolute Gasteiger partial charge is 0.370 e. The number of aliphatic imine (C=N–C) groups is 1. The SMILES string of the molecule is CC(C)CN=C(N)NCC1CCCCC(F)(F)C1. The lowest BCUT2D eigenvalue weighted by Crippen LogP contribution is -2.37. The summed E-state index contributed by atoms with van der Waals surface area (Å²) in [6, 6.07) is 0. The van der Waals surface area contributed by atoms with Gasteiger partial charge in [0.05, 0.1) is 0 Å². The third-order valence-electron chi connectivity index (χ3n) is 3.19.